The second kappa shape index (κ2) is 7.82. The summed E-state index contributed by atoms with van der Waals surface area (Å²) in [5, 5.41) is 17.5. The van der Waals surface area contributed by atoms with Gasteiger partial charge in [-0.3, -0.25) is 14.9 Å². The number of nitro benzene ring substituents is 1. The smallest absolute Gasteiger partial charge is 0.293 e. The Hall–Kier alpha value is -2.15. The van der Waals surface area contributed by atoms with E-state index in [1.807, 2.05) is 0 Å². The topological polar surface area (TPSA) is 110 Å². The summed E-state index contributed by atoms with van der Waals surface area (Å²) in [6.45, 7) is 0.389. The molecule has 2 saturated carbocycles. The molecule has 4 N–H and O–H groups in total. The molecular formula is C18H26N4O3. The summed E-state index contributed by atoms with van der Waals surface area (Å²) >= 11 is 0. The predicted octanol–water partition coefficient (Wildman–Crippen LogP) is 2.81. The van der Waals surface area contributed by atoms with Gasteiger partial charge in [-0.15, -0.1) is 0 Å². The molecule has 0 aliphatic heterocycles. The maximum absolute atomic E-state index is 12.6. The Morgan fingerprint density at radius 1 is 1.24 bits per heavy atom. The molecule has 0 aromatic heterocycles. The number of carbonyl (C=O) groups is 1. The molecule has 1 aromatic rings. The Kier molecular flexibility index (Phi) is 5.53. The van der Waals surface area contributed by atoms with Gasteiger partial charge in [-0.2, -0.15) is 0 Å². The van der Waals surface area contributed by atoms with Gasteiger partial charge in [0.25, 0.3) is 11.6 Å². The van der Waals surface area contributed by atoms with Crippen molar-refractivity contribution in [3.05, 3.63) is 33.9 Å². The van der Waals surface area contributed by atoms with E-state index in [2.05, 4.69) is 10.6 Å². The zero-order chi connectivity index (χ0) is 17.8. The van der Waals surface area contributed by atoms with Crippen LogP contribution < -0.4 is 16.4 Å². The zero-order valence-corrected chi connectivity index (χ0v) is 14.4. The number of benzene rings is 1. The number of nitrogens with two attached hydrogens (primary N) is 1. The first-order valence-electron chi connectivity index (χ1n) is 9.14. The van der Waals surface area contributed by atoms with E-state index in [1.54, 1.807) is 12.1 Å². The molecule has 0 saturated heterocycles. The van der Waals surface area contributed by atoms with Crippen molar-refractivity contribution >= 4 is 17.3 Å². The molecule has 0 spiro atoms. The van der Waals surface area contributed by atoms with Crippen LogP contribution in [0.5, 0.6) is 0 Å². The molecule has 2 aliphatic carbocycles. The van der Waals surface area contributed by atoms with Crippen LogP contribution in [0.4, 0.5) is 11.4 Å². The second-order valence-corrected chi connectivity index (χ2v) is 7.12. The minimum Gasteiger partial charge on any atom is -0.377 e. The molecule has 3 rings (SSSR count). The van der Waals surface area contributed by atoms with Crippen molar-refractivity contribution in [3.63, 3.8) is 0 Å². The Morgan fingerprint density at radius 2 is 1.96 bits per heavy atom. The molecular weight excluding hydrogens is 320 g/mol. The number of carbonyl (C=O) groups excluding carboxylic acids is 1. The van der Waals surface area contributed by atoms with Crippen LogP contribution in [0.15, 0.2) is 18.2 Å². The average molecular weight is 346 g/mol. The largest absolute Gasteiger partial charge is 0.377 e. The lowest BCUT2D eigenvalue weighted by Crippen LogP contribution is -2.45. The molecule has 0 radical (unpaired) electrons. The summed E-state index contributed by atoms with van der Waals surface area (Å²) in [7, 11) is 0. The van der Waals surface area contributed by atoms with Crippen LogP contribution >= 0.6 is 0 Å². The maximum Gasteiger partial charge on any atom is 0.293 e. The number of nitrogens with zero attached hydrogens (tertiary/aromatic N) is 1. The van der Waals surface area contributed by atoms with Gasteiger partial charge in [0.2, 0.25) is 0 Å². The molecule has 1 amide bonds. The summed E-state index contributed by atoms with van der Waals surface area (Å²) in [6.07, 6.45) is 7.79. The standard InChI is InChI=1S/C18H26N4O3/c19-11-16(12-4-2-1-3-5-12)21-18(23)13-6-9-15(20-14-7-8-14)17(10-13)22(24)25/h6,9-10,12,14,16,20H,1-5,7-8,11,19H2,(H,21,23). The third-order valence-electron chi connectivity index (χ3n) is 5.18. The van der Waals surface area contributed by atoms with Crippen molar-refractivity contribution < 1.29 is 9.72 Å². The summed E-state index contributed by atoms with van der Waals surface area (Å²) in [5.41, 5.74) is 6.59. The summed E-state index contributed by atoms with van der Waals surface area (Å²) in [5.74, 6) is 0.107. The molecule has 1 aromatic carbocycles. The number of hydrogen-bond acceptors (Lipinski definition) is 5. The van der Waals surface area contributed by atoms with E-state index < -0.39 is 4.92 Å². The SMILES string of the molecule is NCC(NC(=O)c1ccc(NC2CC2)c([N+](=O)[O-])c1)C1CCCCC1. The molecule has 7 heteroatoms. The molecule has 0 bridgehead atoms. The lowest BCUT2D eigenvalue weighted by molar-refractivity contribution is -0.384. The van der Waals surface area contributed by atoms with Gasteiger partial charge in [0.05, 0.1) is 4.92 Å². The quantitative estimate of drug-likeness (QED) is 0.519. The Labute approximate surface area is 147 Å². The van der Waals surface area contributed by atoms with Gasteiger partial charge in [0.15, 0.2) is 0 Å². The summed E-state index contributed by atoms with van der Waals surface area (Å²) in [4.78, 5) is 23.5. The lowest BCUT2D eigenvalue weighted by Gasteiger charge is -2.30. The molecule has 7 nitrogen and oxygen atoms in total. The van der Waals surface area contributed by atoms with Gasteiger partial charge in [-0.25, -0.2) is 0 Å². The van der Waals surface area contributed by atoms with Gasteiger partial charge in [0, 0.05) is 30.3 Å². The Morgan fingerprint density at radius 3 is 2.56 bits per heavy atom. The number of rotatable bonds is 7. The van der Waals surface area contributed by atoms with Gasteiger partial charge in [-0.1, -0.05) is 19.3 Å². The van der Waals surface area contributed by atoms with Gasteiger partial charge < -0.3 is 16.4 Å². The predicted molar refractivity (Wildman–Crippen MR) is 96.6 cm³/mol. The van der Waals surface area contributed by atoms with E-state index >= 15 is 0 Å². The van der Waals surface area contributed by atoms with E-state index in [0.717, 1.165) is 25.7 Å². The van der Waals surface area contributed by atoms with Crippen LogP contribution in [0, 0.1) is 16.0 Å². The Balaban J connectivity index is 1.71. The number of hydrogen-bond donors (Lipinski definition) is 3. The first-order valence-corrected chi connectivity index (χ1v) is 9.14. The number of anilines is 1. The maximum atomic E-state index is 12.6. The van der Waals surface area contributed by atoms with Crippen molar-refractivity contribution in [1.29, 1.82) is 0 Å². The fourth-order valence-corrected chi connectivity index (χ4v) is 3.55. The highest BCUT2D eigenvalue weighted by Gasteiger charge is 2.27. The first-order chi connectivity index (χ1) is 12.1. The third kappa shape index (κ3) is 4.48. The zero-order valence-electron chi connectivity index (χ0n) is 14.4. The molecule has 1 atom stereocenters. The summed E-state index contributed by atoms with van der Waals surface area (Å²) < 4.78 is 0. The molecule has 2 fully saturated rings. The van der Waals surface area contributed by atoms with Crippen LogP contribution in [0.3, 0.4) is 0 Å². The van der Waals surface area contributed by atoms with Crippen LogP contribution in [-0.2, 0) is 0 Å². The van der Waals surface area contributed by atoms with Crippen molar-refractivity contribution in [1.82, 2.24) is 5.32 Å². The monoisotopic (exact) mass is 346 g/mol. The van der Waals surface area contributed by atoms with Crippen LogP contribution in [-0.4, -0.2) is 29.5 Å². The second-order valence-electron chi connectivity index (χ2n) is 7.12. The normalized spacial score (nSPS) is 19.2. The van der Waals surface area contributed by atoms with Crippen molar-refractivity contribution in [2.75, 3.05) is 11.9 Å². The van der Waals surface area contributed by atoms with Crippen molar-refractivity contribution in [3.8, 4) is 0 Å². The number of amides is 1. The van der Waals surface area contributed by atoms with E-state index in [9.17, 15) is 14.9 Å². The minimum atomic E-state index is -0.441. The lowest BCUT2D eigenvalue weighted by atomic mass is 9.84. The minimum absolute atomic E-state index is 0.0542. The van der Waals surface area contributed by atoms with Gasteiger partial charge >= 0.3 is 0 Å². The Bertz CT molecular complexity index is 639. The van der Waals surface area contributed by atoms with Crippen molar-refractivity contribution in [2.24, 2.45) is 11.7 Å². The number of nitrogens with one attached hydrogen (secondary N) is 2. The molecule has 136 valence electrons. The molecule has 2 aliphatic rings. The van der Waals surface area contributed by atoms with Crippen molar-refractivity contribution in [2.45, 2.75) is 57.0 Å². The van der Waals surface area contributed by atoms with E-state index in [0.29, 0.717) is 29.8 Å². The van der Waals surface area contributed by atoms with Gasteiger partial charge in [0.1, 0.15) is 5.69 Å². The third-order valence-corrected chi connectivity index (χ3v) is 5.18. The summed E-state index contributed by atoms with van der Waals surface area (Å²) in [6, 6.07) is 4.86. The molecule has 1 unspecified atom stereocenters. The molecule has 0 heterocycles. The highest BCUT2D eigenvalue weighted by molar-refractivity contribution is 5.96. The van der Waals surface area contributed by atoms with E-state index in [4.69, 9.17) is 5.73 Å². The average Bonchev–Trinajstić information content (AvgIpc) is 3.44. The van der Waals surface area contributed by atoms with Gasteiger partial charge in [-0.05, 0) is 43.7 Å². The fourth-order valence-electron chi connectivity index (χ4n) is 3.55. The fraction of sp³-hybridized carbons (Fsp3) is 0.611. The highest BCUT2D eigenvalue weighted by Crippen LogP contribution is 2.32. The van der Waals surface area contributed by atoms with E-state index in [1.165, 1.54) is 25.3 Å². The first kappa shape index (κ1) is 17.7. The van der Waals surface area contributed by atoms with E-state index in [-0.39, 0.29) is 17.6 Å². The van der Waals surface area contributed by atoms with Crippen LogP contribution in [0.2, 0.25) is 0 Å². The number of nitro groups is 1. The molecule has 25 heavy (non-hydrogen) atoms. The van der Waals surface area contributed by atoms with Crippen LogP contribution in [0.1, 0.15) is 55.3 Å². The van der Waals surface area contributed by atoms with Crippen LogP contribution in [0.25, 0.3) is 0 Å². The highest BCUT2D eigenvalue weighted by atomic mass is 16.6.